The summed E-state index contributed by atoms with van der Waals surface area (Å²) in [5.41, 5.74) is 15.4. The number of aryl methyl sites for hydroxylation is 1. The zero-order valence-electron chi connectivity index (χ0n) is 17.0. The lowest BCUT2D eigenvalue weighted by atomic mass is 10.1. The van der Waals surface area contributed by atoms with Crippen molar-refractivity contribution in [3.8, 4) is 0 Å². The maximum atomic E-state index is 13.1. The van der Waals surface area contributed by atoms with Gasteiger partial charge in [0.1, 0.15) is 5.69 Å². The van der Waals surface area contributed by atoms with Crippen molar-refractivity contribution in [2.24, 2.45) is 22.4 Å². The van der Waals surface area contributed by atoms with E-state index in [1.54, 1.807) is 13.0 Å². The van der Waals surface area contributed by atoms with Crippen LogP contribution in [0.3, 0.4) is 0 Å². The summed E-state index contributed by atoms with van der Waals surface area (Å²) in [4.78, 5) is 30.2. The molecule has 2 aromatic rings. The van der Waals surface area contributed by atoms with Crippen molar-refractivity contribution in [2.75, 3.05) is 4.72 Å². The normalized spacial score (nSPS) is 13.2. The number of hydrogen-bond acceptors (Lipinski definition) is 6. The number of carbonyl (C=O) groups is 1. The molecule has 0 aliphatic carbocycles. The summed E-state index contributed by atoms with van der Waals surface area (Å²) in [6.45, 7) is 4.51. The largest absolute Gasteiger partial charge is 0.387 e. The van der Waals surface area contributed by atoms with Gasteiger partial charge in [-0.3, -0.25) is 18.9 Å². The van der Waals surface area contributed by atoms with Crippen molar-refractivity contribution in [1.29, 1.82) is 0 Å². The molecule has 13 heteroatoms. The molecule has 0 bridgehead atoms. The molecule has 0 fully saturated rings. The molecule has 0 aliphatic rings. The monoisotopic (exact) mass is 470 g/mol. The summed E-state index contributed by atoms with van der Waals surface area (Å²) in [7, 11) is -4.16. The van der Waals surface area contributed by atoms with Gasteiger partial charge in [0.2, 0.25) is 11.9 Å². The van der Waals surface area contributed by atoms with Gasteiger partial charge in [0.25, 0.3) is 15.6 Å². The quantitative estimate of drug-likeness (QED) is 0.246. The first-order valence-corrected chi connectivity index (χ1v) is 10.8. The molecule has 2 unspecified atom stereocenters. The number of nitrogens with one attached hydrogen (secondary N) is 1. The van der Waals surface area contributed by atoms with Gasteiger partial charge in [0.15, 0.2) is 12.1 Å². The minimum Gasteiger partial charge on any atom is -0.387 e. The Morgan fingerprint density at radius 1 is 1.19 bits per heavy atom. The van der Waals surface area contributed by atoms with E-state index < -0.39 is 39.6 Å². The van der Waals surface area contributed by atoms with Crippen LogP contribution in [0, 0.1) is 13.8 Å². The van der Waals surface area contributed by atoms with Crippen LogP contribution in [0.5, 0.6) is 0 Å². The Balaban J connectivity index is 2.55. The number of hydrogen-bond donors (Lipinski definition) is 4. The van der Waals surface area contributed by atoms with Crippen molar-refractivity contribution in [3.63, 3.8) is 0 Å². The first-order valence-electron chi connectivity index (χ1n) is 8.91. The third kappa shape index (κ3) is 5.27. The number of primary amides is 1. The number of oxime groups is 1. The Kier molecular flexibility index (Phi) is 7.18. The van der Waals surface area contributed by atoms with Crippen molar-refractivity contribution in [2.45, 2.75) is 37.8 Å². The van der Waals surface area contributed by atoms with E-state index in [-0.39, 0.29) is 15.6 Å². The van der Waals surface area contributed by atoms with Crippen LogP contribution >= 0.6 is 11.6 Å². The highest BCUT2D eigenvalue weighted by molar-refractivity contribution is 7.92. The van der Waals surface area contributed by atoms with E-state index in [1.165, 1.54) is 38.1 Å². The summed E-state index contributed by atoms with van der Waals surface area (Å²) in [6.07, 6.45) is -1.04. The average molecular weight is 471 g/mol. The van der Waals surface area contributed by atoms with Crippen molar-refractivity contribution in [1.82, 2.24) is 4.57 Å². The average Bonchev–Trinajstić information content (AvgIpc) is 2.67. The molecular formula is C18H23ClN6O5S. The van der Waals surface area contributed by atoms with Gasteiger partial charge in [-0.2, -0.15) is 0 Å². The van der Waals surface area contributed by atoms with Crippen LogP contribution < -0.4 is 27.5 Å². The minimum atomic E-state index is -4.16. The lowest BCUT2D eigenvalue weighted by molar-refractivity contribution is -0.125. The number of anilines is 1. The molecule has 0 saturated carbocycles. The fourth-order valence-electron chi connectivity index (χ4n) is 2.92. The molecular weight excluding hydrogens is 448 g/mol. The second-order valence-electron chi connectivity index (χ2n) is 6.71. The number of rotatable bonds is 8. The third-order valence-electron chi connectivity index (χ3n) is 4.41. The summed E-state index contributed by atoms with van der Waals surface area (Å²) in [5.74, 6) is -1.30. The zero-order chi connectivity index (χ0) is 23.5. The lowest BCUT2D eigenvalue weighted by Crippen LogP contribution is -2.42. The molecule has 168 valence electrons. The second-order valence-corrected chi connectivity index (χ2v) is 8.76. The highest BCUT2D eigenvalue weighted by Gasteiger charge is 2.30. The maximum absolute atomic E-state index is 13.1. The van der Waals surface area contributed by atoms with Gasteiger partial charge in [0, 0.05) is 10.7 Å². The SMILES string of the molecule is Cc1c(Cl)cccc1S(=O)(=O)Nc1ccc(C)n(C(C(N)=O)C(C)ON=C(N)N)c1=O. The van der Waals surface area contributed by atoms with Gasteiger partial charge in [-0.1, -0.05) is 17.7 Å². The Bertz CT molecular complexity index is 1190. The van der Waals surface area contributed by atoms with Crippen LogP contribution in [-0.2, 0) is 19.7 Å². The van der Waals surface area contributed by atoms with Gasteiger partial charge in [-0.05, 0) is 55.8 Å². The van der Waals surface area contributed by atoms with Crippen LogP contribution in [0.25, 0.3) is 0 Å². The molecule has 0 radical (unpaired) electrons. The van der Waals surface area contributed by atoms with Crippen LogP contribution in [0.4, 0.5) is 5.69 Å². The molecule has 7 N–H and O–H groups in total. The molecule has 0 aliphatic heterocycles. The van der Waals surface area contributed by atoms with E-state index >= 15 is 0 Å². The predicted molar refractivity (Wildman–Crippen MR) is 117 cm³/mol. The van der Waals surface area contributed by atoms with E-state index in [9.17, 15) is 18.0 Å². The number of nitrogens with zero attached hydrogens (tertiary/aromatic N) is 2. The first kappa shape index (κ1) is 24.0. The minimum absolute atomic E-state index is 0.0950. The van der Waals surface area contributed by atoms with Crippen LogP contribution in [-0.4, -0.2) is 31.0 Å². The van der Waals surface area contributed by atoms with Crippen LogP contribution in [0.1, 0.15) is 24.2 Å². The number of carbonyl (C=O) groups excluding carboxylic acids is 1. The van der Waals surface area contributed by atoms with E-state index in [0.29, 0.717) is 11.3 Å². The Morgan fingerprint density at radius 2 is 1.84 bits per heavy atom. The number of guanidine groups is 1. The third-order valence-corrected chi connectivity index (χ3v) is 6.33. The van der Waals surface area contributed by atoms with Gasteiger partial charge >= 0.3 is 0 Å². The van der Waals surface area contributed by atoms with Gasteiger partial charge in [-0.15, -0.1) is 0 Å². The molecule has 1 amide bonds. The summed E-state index contributed by atoms with van der Waals surface area (Å²) < 4.78 is 29.0. The highest BCUT2D eigenvalue weighted by Crippen LogP contribution is 2.24. The van der Waals surface area contributed by atoms with Gasteiger partial charge < -0.3 is 22.0 Å². The number of amides is 1. The maximum Gasteiger partial charge on any atom is 0.275 e. The van der Waals surface area contributed by atoms with Gasteiger partial charge in [-0.25, -0.2) is 8.42 Å². The zero-order valence-corrected chi connectivity index (χ0v) is 18.6. The predicted octanol–water partition coefficient (Wildman–Crippen LogP) is 0.539. The van der Waals surface area contributed by atoms with Crippen molar-refractivity contribution < 1.29 is 18.0 Å². The molecule has 2 rings (SSSR count). The molecule has 31 heavy (non-hydrogen) atoms. The smallest absolute Gasteiger partial charge is 0.275 e. The van der Waals surface area contributed by atoms with Crippen LogP contribution in [0.15, 0.2) is 45.2 Å². The lowest BCUT2D eigenvalue weighted by Gasteiger charge is -2.24. The molecule has 1 heterocycles. The fraction of sp³-hybridized carbons (Fsp3) is 0.278. The number of pyridine rings is 1. The number of sulfonamides is 1. The number of nitrogens with two attached hydrogens (primary N) is 3. The highest BCUT2D eigenvalue weighted by atomic mass is 35.5. The first-order chi connectivity index (χ1) is 14.4. The van der Waals surface area contributed by atoms with Crippen molar-refractivity contribution >= 4 is 39.2 Å². The van der Waals surface area contributed by atoms with Crippen LogP contribution in [0.2, 0.25) is 5.02 Å². The summed E-state index contributed by atoms with van der Waals surface area (Å²) >= 11 is 6.01. The van der Waals surface area contributed by atoms with Gasteiger partial charge in [0.05, 0.1) is 4.90 Å². The topological polar surface area (TPSA) is 185 Å². The summed E-state index contributed by atoms with van der Waals surface area (Å²) in [6, 6.07) is 5.78. The molecule has 1 aromatic carbocycles. The Morgan fingerprint density at radius 3 is 2.42 bits per heavy atom. The number of aromatic nitrogens is 1. The number of halogens is 1. The molecule has 11 nitrogen and oxygen atoms in total. The molecule has 0 saturated heterocycles. The van der Waals surface area contributed by atoms with Crippen molar-refractivity contribution in [3.05, 3.63) is 57.0 Å². The summed E-state index contributed by atoms with van der Waals surface area (Å²) in [5, 5.41) is 3.63. The van der Waals surface area contributed by atoms with E-state index in [0.717, 1.165) is 4.57 Å². The Labute approximate surface area is 183 Å². The molecule has 1 aromatic heterocycles. The fourth-order valence-corrected chi connectivity index (χ4v) is 4.47. The van der Waals surface area contributed by atoms with E-state index in [1.807, 2.05) is 0 Å². The second kappa shape index (κ2) is 9.27. The molecule has 0 spiro atoms. The number of benzene rings is 1. The standard InChI is InChI=1S/C18H23ClN6O5S/c1-9-7-8-13(24-31(28,29)14-6-4-5-12(19)10(14)2)17(27)25(9)15(16(20)26)11(3)30-23-18(21)22/h4-8,11,15,24H,1-3H3,(H2,20,26)(H4,21,22,23). The Hall–Kier alpha value is -3.25. The molecule has 2 atom stereocenters. The van der Waals surface area contributed by atoms with E-state index in [2.05, 4.69) is 9.88 Å². The van der Waals surface area contributed by atoms with E-state index in [4.69, 9.17) is 33.6 Å².